The number of halogens is 2. The van der Waals surface area contributed by atoms with Crippen LogP contribution in [0.2, 0.25) is 5.02 Å². The molecular formula is C25H15ClFN5O2. The van der Waals surface area contributed by atoms with Crippen molar-refractivity contribution in [3.63, 3.8) is 0 Å². The Kier molecular flexibility index (Phi) is 4.56. The van der Waals surface area contributed by atoms with Gasteiger partial charge in [0, 0.05) is 10.7 Å². The van der Waals surface area contributed by atoms with Crippen LogP contribution in [0.4, 0.5) is 16.3 Å². The van der Waals surface area contributed by atoms with Crippen molar-refractivity contribution in [2.75, 3.05) is 10.2 Å². The van der Waals surface area contributed by atoms with Crippen molar-refractivity contribution in [1.82, 2.24) is 14.8 Å². The van der Waals surface area contributed by atoms with Crippen LogP contribution < -0.4 is 10.2 Å². The summed E-state index contributed by atoms with van der Waals surface area (Å²) in [5, 5.41) is 8.33. The zero-order valence-electron chi connectivity index (χ0n) is 17.4. The van der Waals surface area contributed by atoms with Crippen molar-refractivity contribution in [3.05, 3.63) is 112 Å². The maximum absolute atomic E-state index is 13.6. The van der Waals surface area contributed by atoms with Crippen molar-refractivity contribution in [3.8, 4) is 0 Å². The number of allylic oxidation sites excluding steroid dienone is 1. The summed E-state index contributed by atoms with van der Waals surface area (Å²) in [6, 6.07) is 19.5. The van der Waals surface area contributed by atoms with Crippen LogP contribution in [0.5, 0.6) is 0 Å². The monoisotopic (exact) mass is 471 g/mol. The van der Waals surface area contributed by atoms with Crippen LogP contribution in [-0.2, 0) is 0 Å². The van der Waals surface area contributed by atoms with Gasteiger partial charge in [0.2, 0.25) is 5.95 Å². The molecule has 1 atom stereocenters. The second-order valence-electron chi connectivity index (χ2n) is 7.88. The third-order valence-corrected chi connectivity index (χ3v) is 6.07. The van der Waals surface area contributed by atoms with Crippen LogP contribution >= 0.6 is 11.6 Å². The van der Waals surface area contributed by atoms with Crippen LogP contribution in [0.25, 0.3) is 5.70 Å². The molecule has 2 aliphatic rings. The smallest absolute Gasteiger partial charge is 0.268 e. The van der Waals surface area contributed by atoms with Gasteiger partial charge >= 0.3 is 0 Å². The maximum Gasteiger partial charge on any atom is 0.268 e. The minimum absolute atomic E-state index is 0.0356. The summed E-state index contributed by atoms with van der Waals surface area (Å²) >= 11 is 6.04. The number of hydrogen-bond acceptors (Lipinski definition) is 5. The zero-order valence-corrected chi connectivity index (χ0v) is 18.2. The first kappa shape index (κ1) is 20.3. The second-order valence-corrected chi connectivity index (χ2v) is 8.32. The molecule has 3 heterocycles. The number of nitrogens with zero attached hydrogens (tertiary/aromatic N) is 4. The normalized spacial score (nSPS) is 16.7. The maximum atomic E-state index is 13.6. The molecule has 1 unspecified atom stereocenters. The summed E-state index contributed by atoms with van der Waals surface area (Å²) in [7, 11) is 0. The van der Waals surface area contributed by atoms with Gasteiger partial charge in [-0.15, -0.1) is 5.10 Å². The summed E-state index contributed by atoms with van der Waals surface area (Å²) in [5.41, 5.74) is 2.97. The molecule has 0 saturated carbocycles. The minimum atomic E-state index is -0.479. The van der Waals surface area contributed by atoms with E-state index in [0.29, 0.717) is 22.1 Å². The Bertz CT molecular complexity index is 1460. The van der Waals surface area contributed by atoms with E-state index in [0.717, 1.165) is 21.7 Å². The fraction of sp³-hybridized carbons (Fsp3) is 0.0400. The largest absolute Gasteiger partial charge is 0.324 e. The molecule has 0 saturated heterocycles. The van der Waals surface area contributed by atoms with Crippen molar-refractivity contribution < 1.29 is 14.0 Å². The topological polar surface area (TPSA) is 80.1 Å². The highest BCUT2D eigenvalue weighted by Crippen LogP contribution is 2.35. The van der Waals surface area contributed by atoms with E-state index in [1.165, 1.54) is 12.1 Å². The van der Waals surface area contributed by atoms with E-state index in [2.05, 4.69) is 15.4 Å². The predicted octanol–water partition coefficient (Wildman–Crippen LogP) is 4.93. The third kappa shape index (κ3) is 3.19. The van der Waals surface area contributed by atoms with Gasteiger partial charge in [-0.2, -0.15) is 4.98 Å². The molecule has 0 aliphatic carbocycles. The second kappa shape index (κ2) is 7.64. The fourth-order valence-corrected chi connectivity index (χ4v) is 4.27. The zero-order chi connectivity index (χ0) is 23.4. The summed E-state index contributed by atoms with van der Waals surface area (Å²) in [6.45, 7) is 0. The van der Waals surface area contributed by atoms with Crippen molar-refractivity contribution in [1.29, 1.82) is 0 Å². The summed E-state index contributed by atoms with van der Waals surface area (Å²) in [4.78, 5) is 31.4. The molecular weight excluding hydrogens is 457 g/mol. The predicted molar refractivity (Wildman–Crippen MR) is 125 cm³/mol. The van der Waals surface area contributed by atoms with Gasteiger partial charge < -0.3 is 5.32 Å². The van der Waals surface area contributed by atoms with Gasteiger partial charge in [-0.1, -0.05) is 48.0 Å². The molecule has 7 nitrogen and oxygen atoms in total. The summed E-state index contributed by atoms with van der Waals surface area (Å²) in [5.74, 6) is -1.01. The SMILES string of the molecule is O=C1c2ccccc2C(=O)N1c1nc2n(n1)C(c1ccc(F)cc1)C=C(c1ccc(Cl)cc1)N2. The molecule has 2 aliphatic heterocycles. The van der Waals surface area contributed by atoms with Crippen LogP contribution in [0.15, 0.2) is 78.9 Å². The number of aromatic nitrogens is 3. The first-order chi connectivity index (χ1) is 16.5. The average Bonchev–Trinajstić information content (AvgIpc) is 3.38. The molecule has 0 bridgehead atoms. The van der Waals surface area contributed by atoms with E-state index in [9.17, 15) is 14.0 Å². The Morgan fingerprint density at radius 1 is 0.882 bits per heavy atom. The van der Waals surface area contributed by atoms with Crippen molar-refractivity contribution in [2.45, 2.75) is 6.04 Å². The molecule has 166 valence electrons. The highest BCUT2D eigenvalue weighted by Gasteiger charge is 2.40. The molecule has 3 aromatic carbocycles. The summed E-state index contributed by atoms with van der Waals surface area (Å²) < 4.78 is 15.2. The number of benzene rings is 3. The number of amides is 2. The molecule has 9 heteroatoms. The highest BCUT2D eigenvalue weighted by molar-refractivity contribution is 6.33. The lowest BCUT2D eigenvalue weighted by Gasteiger charge is -2.24. The van der Waals surface area contributed by atoms with E-state index in [1.54, 1.807) is 53.2 Å². The number of carbonyl (C=O) groups is 2. The molecule has 0 fully saturated rings. The van der Waals surface area contributed by atoms with Crippen LogP contribution in [-0.4, -0.2) is 26.6 Å². The summed E-state index contributed by atoms with van der Waals surface area (Å²) in [6.07, 6.45) is 1.92. The third-order valence-electron chi connectivity index (χ3n) is 5.82. The van der Waals surface area contributed by atoms with Crippen LogP contribution in [0.3, 0.4) is 0 Å². The highest BCUT2D eigenvalue weighted by atomic mass is 35.5. The lowest BCUT2D eigenvalue weighted by atomic mass is 10.0. The van der Waals surface area contributed by atoms with Gasteiger partial charge in [-0.25, -0.2) is 14.0 Å². The van der Waals surface area contributed by atoms with Crippen LogP contribution in [0, 0.1) is 5.82 Å². The van der Waals surface area contributed by atoms with E-state index in [1.807, 2.05) is 18.2 Å². The first-order valence-corrected chi connectivity index (χ1v) is 10.8. The number of fused-ring (bicyclic) bond motifs is 2. The van der Waals surface area contributed by atoms with Crippen molar-refractivity contribution >= 4 is 41.0 Å². The van der Waals surface area contributed by atoms with E-state index >= 15 is 0 Å². The lowest BCUT2D eigenvalue weighted by molar-refractivity contribution is 0.0923. The first-order valence-electron chi connectivity index (χ1n) is 10.4. The Balaban J connectivity index is 1.45. The molecule has 1 N–H and O–H groups in total. The number of anilines is 2. The molecule has 6 rings (SSSR count). The number of carbonyl (C=O) groups excluding carboxylic acids is 2. The van der Waals surface area contributed by atoms with Crippen molar-refractivity contribution in [2.24, 2.45) is 0 Å². The standard InChI is InChI=1S/C25H15ClFN5O2/c26-16-9-5-14(6-10-16)20-13-21(15-7-11-17(27)12-8-15)32-24(28-20)29-25(30-32)31-22(33)18-3-1-2-4-19(18)23(31)34/h1-13,21H,(H,28,29,30). The van der Waals surface area contributed by atoms with E-state index in [-0.39, 0.29) is 11.8 Å². The Morgan fingerprint density at radius 2 is 1.53 bits per heavy atom. The molecule has 34 heavy (non-hydrogen) atoms. The molecule has 2 amide bonds. The van der Waals surface area contributed by atoms with Gasteiger partial charge in [-0.05, 0) is 53.6 Å². The van der Waals surface area contributed by atoms with E-state index in [4.69, 9.17) is 11.6 Å². The Morgan fingerprint density at radius 3 is 2.18 bits per heavy atom. The number of rotatable bonds is 3. The van der Waals surface area contributed by atoms with Gasteiger partial charge in [0.25, 0.3) is 17.8 Å². The quantitative estimate of drug-likeness (QED) is 0.429. The Hall–Kier alpha value is -4.30. The number of imide groups is 1. The van der Waals surface area contributed by atoms with Gasteiger partial charge in [-0.3, -0.25) is 9.59 Å². The minimum Gasteiger partial charge on any atom is -0.324 e. The van der Waals surface area contributed by atoms with E-state index < -0.39 is 17.9 Å². The lowest BCUT2D eigenvalue weighted by Crippen LogP contribution is -2.30. The average molecular weight is 472 g/mol. The molecule has 4 aromatic rings. The van der Waals surface area contributed by atoms with Gasteiger partial charge in [0.15, 0.2) is 0 Å². The molecule has 0 spiro atoms. The Labute approximate surface area is 198 Å². The number of nitrogens with one attached hydrogen (secondary N) is 1. The van der Waals surface area contributed by atoms with Gasteiger partial charge in [0.1, 0.15) is 11.9 Å². The molecule has 0 radical (unpaired) electrons. The number of hydrogen-bond donors (Lipinski definition) is 1. The fourth-order valence-electron chi connectivity index (χ4n) is 4.14. The van der Waals surface area contributed by atoms with Crippen LogP contribution in [0.1, 0.15) is 37.9 Å². The van der Waals surface area contributed by atoms with Gasteiger partial charge in [0.05, 0.1) is 11.1 Å². The molecule has 1 aromatic heterocycles.